The third-order valence-corrected chi connectivity index (χ3v) is 9.99. The van der Waals surface area contributed by atoms with Gasteiger partial charge in [0.1, 0.15) is 0 Å². The van der Waals surface area contributed by atoms with E-state index in [1.807, 2.05) is 0 Å². The minimum absolute atomic E-state index is 0.0949. The predicted octanol–water partition coefficient (Wildman–Crippen LogP) is 5.23. The quantitative estimate of drug-likeness (QED) is 0.723. The number of aliphatic hydroxyl groups is 2. The first-order valence-electron chi connectivity index (χ1n) is 11.5. The Morgan fingerprint density at radius 1 is 1.08 bits per heavy atom. The highest BCUT2D eigenvalue weighted by atomic mass is 16.3. The van der Waals surface area contributed by atoms with Gasteiger partial charge in [0.25, 0.3) is 0 Å². The van der Waals surface area contributed by atoms with Gasteiger partial charge in [-0.3, -0.25) is 0 Å². The van der Waals surface area contributed by atoms with Crippen LogP contribution in [0.15, 0.2) is 0 Å². The van der Waals surface area contributed by atoms with Gasteiger partial charge in [0.2, 0.25) is 0 Å². The van der Waals surface area contributed by atoms with Gasteiger partial charge in [-0.05, 0) is 97.7 Å². The maximum atomic E-state index is 11.5. The Kier molecular flexibility index (Phi) is 5.01. The standard InChI is InChI=1S/C24H41O2/c1-5-6-15(2)19-9-10-20-18-8-7-16-13-17(25)11-12-23(16,3)21(18)14-22(26)24(19,20)4/h8,15-22,25-26H,5-7,9-14H2,1-4H3/t15-,16?,17-,18?,19?,20?,21?,22+,23+,24-/m1/s1. The van der Waals surface area contributed by atoms with Crippen molar-refractivity contribution < 1.29 is 10.2 Å². The largest absolute Gasteiger partial charge is 0.393 e. The molecule has 10 atom stereocenters. The highest BCUT2D eigenvalue weighted by molar-refractivity contribution is 5.16. The summed E-state index contributed by atoms with van der Waals surface area (Å²) in [7, 11) is 0. The van der Waals surface area contributed by atoms with Gasteiger partial charge in [0, 0.05) is 0 Å². The molecule has 0 bridgehead atoms. The summed E-state index contributed by atoms with van der Waals surface area (Å²) in [4.78, 5) is 0. The average Bonchev–Trinajstić information content (AvgIpc) is 2.96. The van der Waals surface area contributed by atoms with E-state index in [0.717, 1.165) is 31.6 Å². The summed E-state index contributed by atoms with van der Waals surface area (Å²) in [6, 6.07) is 0. The first-order chi connectivity index (χ1) is 12.3. The van der Waals surface area contributed by atoms with Gasteiger partial charge in [-0.2, -0.15) is 0 Å². The van der Waals surface area contributed by atoms with Gasteiger partial charge < -0.3 is 10.2 Å². The molecule has 2 nitrogen and oxygen atoms in total. The smallest absolute Gasteiger partial charge is 0.0602 e. The van der Waals surface area contributed by atoms with Gasteiger partial charge >= 0.3 is 0 Å². The van der Waals surface area contributed by atoms with E-state index in [-0.39, 0.29) is 17.6 Å². The number of hydrogen-bond acceptors (Lipinski definition) is 2. The number of aliphatic hydroxyl groups excluding tert-OH is 2. The zero-order chi connectivity index (χ0) is 18.7. The van der Waals surface area contributed by atoms with E-state index in [4.69, 9.17) is 0 Å². The molecule has 26 heavy (non-hydrogen) atoms. The maximum absolute atomic E-state index is 11.5. The molecule has 0 aliphatic heterocycles. The van der Waals surface area contributed by atoms with Gasteiger partial charge in [0.15, 0.2) is 0 Å². The normalized spacial score (nSPS) is 54.9. The van der Waals surface area contributed by atoms with Gasteiger partial charge in [0.05, 0.1) is 12.2 Å². The topological polar surface area (TPSA) is 40.5 Å². The van der Waals surface area contributed by atoms with Crippen molar-refractivity contribution in [2.24, 2.45) is 46.3 Å². The van der Waals surface area contributed by atoms with E-state index in [1.54, 1.807) is 0 Å². The molecular formula is C24H41O2. The van der Waals surface area contributed by atoms with Crippen LogP contribution in [0, 0.1) is 52.8 Å². The van der Waals surface area contributed by atoms with Gasteiger partial charge in [-0.1, -0.05) is 40.5 Å². The molecule has 4 fully saturated rings. The minimum atomic E-state index is -0.142. The summed E-state index contributed by atoms with van der Waals surface area (Å²) in [5, 5.41) is 21.6. The van der Waals surface area contributed by atoms with Crippen molar-refractivity contribution in [3.8, 4) is 0 Å². The van der Waals surface area contributed by atoms with Gasteiger partial charge in [-0.15, -0.1) is 0 Å². The molecule has 0 aromatic rings. The highest BCUT2D eigenvalue weighted by Crippen LogP contribution is 2.68. The molecule has 149 valence electrons. The summed E-state index contributed by atoms with van der Waals surface area (Å²) >= 11 is 0. The van der Waals surface area contributed by atoms with Crippen molar-refractivity contribution in [2.45, 2.75) is 97.7 Å². The molecule has 4 rings (SSSR count). The van der Waals surface area contributed by atoms with E-state index in [1.165, 1.54) is 32.1 Å². The lowest BCUT2D eigenvalue weighted by molar-refractivity contribution is -0.160. The third-order valence-electron chi connectivity index (χ3n) is 9.99. The fourth-order valence-electron chi connectivity index (χ4n) is 8.45. The summed E-state index contributed by atoms with van der Waals surface area (Å²) in [5.74, 6) is 4.04. The maximum Gasteiger partial charge on any atom is 0.0602 e. The van der Waals surface area contributed by atoms with E-state index >= 15 is 0 Å². The lowest BCUT2D eigenvalue weighted by atomic mass is 9.43. The Bertz CT molecular complexity index is 518. The van der Waals surface area contributed by atoms with Crippen LogP contribution in [0.4, 0.5) is 0 Å². The Labute approximate surface area is 161 Å². The van der Waals surface area contributed by atoms with Crippen LogP contribution < -0.4 is 0 Å². The van der Waals surface area contributed by atoms with Crippen LogP contribution in [0.1, 0.15) is 85.5 Å². The van der Waals surface area contributed by atoms with Crippen molar-refractivity contribution in [3.05, 3.63) is 6.42 Å². The lowest BCUT2D eigenvalue weighted by Crippen LogP contribution is -2.59. The van der Waals surface area contributed by atoms with Crippen LogP contribution >= 0.6 is 0 Å². The molecule has 0 spiro atoms. The molecule has 2 heteroatoms. The molecule has 0 heterocycles. The third kappa shape index (κ3) is 2.65. The van der Waals surface area contributed by atoms with E-state index in [0.29, 0.717) is 35.0 Å². The molecule has 2 N–H and O–H groups in total. The Morgan fingerprint density at radius 2 is 1.85 bits per heavy atom. The Balaban J connectivity index is 1.61. The van der Waals surface area contributed by atoms with Crippen LogP contribution in [-0.2, 0) is 0 Å². The number of fused-ring (bicyclic) bond motifs is 5. The molecular weight excluding hydrogens is 320 g/mol. The predicted molar refractivity (Wildman–Crippen MR) is 106 cm³/mol. The lowest BCUT2D eigenvalue weighted by Gasteiger charge is -2.62. The Morgan fingerprint density at radius 3 is 2.58 bits per heavy atom. The van der Waals surface area contributed by atoms with Crippen LogP contribution in [0.25, 0.3) is 0 Å². The molecule has 4 saturated carbocycles. The highest BCUT2D eigenvalue weighted by Gasteiger charge is 2.63. The van der Waals surface area contributed by atoms with E-state index in [9.17, 15) is 10.2 Å². The first kappa shape index (κ1) is 19.2. The van der Waals surface area contributed by atoms with Crippen LogP contribution in [0.3, 0.4) is 0 Å². The number of hydrogen-bond donors (Lipinski definition) is 2. The summed E-state index contributed by atoms with van der Waals surface area (Å²) in [5.41, 5.74) is 0.442. The van der Waals surface area contributed by atoms with E-state index < -0.39 is 0 Å². The molecule has 0 aromatic heterocycles. The SMILES string of the molecule is CCC[C@@H](C)C1CCC2C3[CH]CC4C[C@H](O)CC[C@]4(C)C3C[C@H](O)[C@@]21C. The van der Waals surface area contributed by atoms with Crippen molar-refractivity contribution in [1.82, 2.24) is 0 Å². The minimum Gasteiger partial charge on any atom is -0.393 e. The van der Waals surface area contributed by atoms with Crippen LogP contribution in [-0.4, -0.2) is 22.4 Å². The second-order valence-corrected chi connectivity index (χ2v) is 11.0. The van der Waals surface area contributed by atoms with E-state index in [2.05, 4.69) is 34.1 Å². The summed E-state index contributed by atoms with van der Waals surface area (Å²) in [6.45, 7) is 9.67. The summed E-state index contributed by atoms with van der Waals surface area (Å²) < 4.78 is 0. The molecule has 0 aromatic carbocycles. The molecule has 0 amide bonds. The monoisotopic (exact) mass is 361 g/mol. The van der Waals surface area contributed by atoms with Crippen LogP contribution in [0.5, 0.6) is 0 Å². The van der Waals surface area contributed by atoms with Crippen molar-refractivity contribution in [2.75, 3.05) is 0 Å². The molecule has 5 unspecified atom stereocenters. The van der Waals surface area contributed by atoms with Crippen molar-refractivity contribution >= 4 is 0 Å². The van der Waals surface area contributed by atoms with Crippen molar-refractivity contribution in [1.29, 1.82) is 0 Å². The van der Waals surface area contributed by atoms with Crippen LogP contribution in [0.2, 0.25) is 0 Å². The fourth-order valence-corrected chi connectivity index (χ4v) is 8.45. The second-order valence-electron chi connectivity index (χ2n) is 11.0. The molecule has 1 radical (unpaired) electrons. The Hall–Kier alpha value is -0.0800. The summed E-state index contributed by atoms with van der Waals surface area (Å²) in [6.07, 6.45) is 12.9. The zero-order valence-corrected chi connectivity index (χ0v) is 17.5. The number of rotatable bonds is 3. The molecule has 0 saturated heterocycles. The van der Waals surface area contributed by atoms with Gasteiger partial charge in [-0.25, -0.2) is 0 Å². The molecule has 4 aliphatic carbocycles. The average molecular weight is 362 g/mol. The first-order valence-corrected chi connectivity index (χ1v) is 11.5. The molecule has 4 aliphatic rings. The fraction of sp³-hybridized carbons (Fsp3) is 0.958. The van der Waals surface area contributed by atoms with Crippen molar-refractivity contribution in [3.63, 3.8) is 0 Å². The zero-order valence-electron chi connectivity index (χ0n) is 17.5. The second kappa shape index (κ2) is 6.76.